The molecule has 0 N–H and O–H groups in total. The van der Waals surface area contributed by atoms with Crippen molar-refractivity contribution in [1.82, 2.24) is 0 Å². The first kappa shape index (κ1) is 18.3. The maximum Gasteiger partial charge on any atom is 0.134 e. The van der Waals surface area contributed by atoms with E-state index in [1.54, 1.807) is 0 Å². The van der Waals surface area contributed by atoms with Gasteiger partial charge in [0, 0.05) is 0 Å². The summed E-state index contributed by atoms with van der Waals surface area (Å²) in [6.07, 6.45) is 11.7. The number of para-hydroxylation sites is 1. The van der Waals surface area contributed by atoms with Gasteiger partial charge in [-0.1, -0.05) is 76.5 Å². The normalized spacial score (nSPS) is 22.7. The van der Waals surface area contributed by atoms with Crippen LogP contribution >= 0.6 is 0 Å². The lowest BCUT2D eigenvalue weighted by Gasteiger charge is -2.28. The highest BCUT2D eigenvalue weighted by Crippen LogP contribution is 2.34. The van der Waals surface area contributed by atoms with Gasteiger partial charge in [0.2, 0.25) is 0 Å². The van der Waals surface area contributed by atoms with Gasteiger partial charge in [-0.3, -0.25) is 0 Å². The summed E-state index contributed by atoms with van der Waals surface area (Å²) in [4.78, 5) is 0. The molecule has 0 radical (unpaired) electrons. The summed E-state index contributed by atoms with van der Waals surface area (Å²) in [5.74, 6) is 2.45. The number of ether oxygens (including phenoxy) is 1. The van der Waals surface area contributed by atoms with Crippen LogP contribution in [0.3, 0.4) is 0 Å². The summed E-state index contributed by atoms with van der Waals surface area (Å²) in [6, 6.07) is 9.54. The Kier molecular flexibility index (Phi) is 8.49. The largest absolute Gasteiger partial charge is 0.491 e. The molecule has 0 aromatic heterocycles. The molecule has 1 aliphatic carbocycles. The minimum Gasteiger partial charge on any atom is -0.491 e. The summed E-state index contributed by atoms with van der Waals surface area (Å²) in [5, 5.41) is 0. The maximum absolute atomic E-state index is 14.0. The molecule has 1 fully saturated rings. The highest BCUT2D eigenvalue weighted by Gasteiger charge is 2.21. The number of alkyl halides is 1. The van der Waals surface area contributed by atoms with E-state index in [0.717, 1.165) is 24.0 Å². The highest BCUT2D eigenvalue weighted by atomic mass is 19.1. The molecule has 0 bridgehead atoms. The van der Waals surface area contributed by atoms with Gasteiger partial charge in [-0.05, 0) is 36.8 Å². The standard InChI is InChI=1S/C21H33FO/c1-2-3-5-8-18-11-13-19(14-12-18)15-16-20(22)17-23-21-9-6-4-7-10-21/h4,6-7,9-10,18-20H,2-3,5,8,11-17H2,1H3/t18-,19-,20?. The first-order valence-corrected chi connectivity index (χ1v) is 9.59. The van der Waals surface area contributed by atoms with Gasteiger partial charge in [0.1, 0.15) is 18.5 Å². The fourth-order valence-electron chi connectivity index (χ4n) is 3.70. The summed E-state index contributed by atoms with van der Waals surface area (Å²) < 4.78 is 19.5. The lowest BCUT2D eigenvalue weighted by Crippen LogP contribution is -2.18. The van der Waals surface area contributed by atoms with Crippen molar-refractivity contribution in [3.05, 3.63) is 30.3 Å². The molecule has 2 rings (SSSR count). The molecule has 1 aromatic carbocycles. The third-order valence-corrected chi connectivity index (χ3v) is 5.24. The van der Waals surface area contributed by atoms with E-state index in [0.29, 0.717) is 6.42 Å². The van der Waals surface area contributed by atoms with Crippen molar-refractivity contribution in [3.8, 4) is 5.75 Å². The second-order valence-electron chi connectivity index (χ2n) is 7.18. The van der Waals surface area contributed by atoms with Crippen LogP contribution in [0.2, 0.25) is 0 Å². The molecule has 1 aliphatic rings. The van der Waals surface area contributed by atoms with E-state index in [-0.39, 0.29) is 6.61 Å². The third kappa shape index (κ3) is 7.37. The highest BCUT2D eigenvalue weighted by molar-refractivity contribution is 5.20. The quantitative estimate of drug-likeness (QED) is 0.443. The van der Waals surface area contributed by atoms with Gasteiger partial charge in [0.05, 0.1) is 0 Å². The third-order valence-electron chi connectivity index (χ3n) is 5.24. The van der Waals surface area contributed by atoms with E-state index >= 15 is 0 Å². The molecule has 1 nitrogen and oxygen atoms in total. The van der Waals surface area contributed by atoms with Gasteiger partial charge >= 0.3 is 0 Å². The van der Waals surface area contributed by atoms with Crippen molar-refractivity contribution in [2.45, 2.75) is 77.3 Å². The van der Waals surface area contributed by atoms with Crippen LogP contribution in [0, 0.1) is 11.8 Å². The molecule has 0 aliphatic heterocycles. The van der Waals surface area contributed by atoms with Crippen LogP contribution in [-0.4, -0.2) is 12.8 Å². The summed E-state index contributed by atoms with van der Waals surface area (Å²) in [6.45, 7) is 2.46. The van der Waals surface area contributed by atoms with E-state index < -0.39 is 6.17 Å². The molecule has 0 heterocycles. The lowest BCUT2D eigenvalue weighted by molar-refractivity contribution is 0.166. The van der Waals surface area contributed by atoms with Gasteiger partial charge in [-0.15, -0.1) is 0 Å². The number of hydrogen-bond acceptors (Lipinski definition) is 1. The average Bonchev–Trinajstić information content (AvgIpc) is 2.60. The predicted molar refractivity (Wildman–Crippen MR) is 95.7 cm³/mol. The van der Waals surface area contributed by atoms with Crippen LogP contribution in [-0.2, 0) is 0 Å². The molecule has 1 saturated carbocycles. The van der Waals surface area contributed by atoms with E-state index in [2.05, 4.69) is 6.92 Å². The minimum atomic E-state index is -0.836. The van der Waals surface area contributed by atoms with Crippen molar-refractivity contribution in [1.29, 1.82) is 0 Å². The van der Waals surface area contributed by atoms with Gasteiger partial charge in [-0.25, -0.2) is 4.39 Å². The van der Waals surface area contributed by atoms with Crippen LogP contribution in [0.15, 0.2) is 30.3 Å². The fraction of sp³-hybridized carbons (Fsp3) is 0.714. The summed E-state index contributed by atoms with van der Waals surface area (Å²) in [5.41, 5.74) is 0. The lowest BCUT2D eigenvalue weighted by atomic mass is 9.78. The Balaban J connectivity index is 1.54. The number of hydrogen-bond donors (Lipinski definition) is 0. The molecule has 0 spiro atoms. The van der Waals surface area contributed by atoms with Crippen molar-refractivity contribution in [3.63, 3.8) is 0 Å². The van der Waals surface area contributed by atoms with Crippen LogP contribution < -0.4 is 4.74 Å². The summed E-state index contributed by atoms with van der Waals surface area (Å²) in [7, 11) is 0. The molecule has 1 aromatic rings. The maximum atomic E-state index is 14.0. The van der Waals surface area contributed by atoms with E-state index in [1.165, 1.54) is 51.4 Å². The first-order valence-electron chi connectivity index (χ1n) is 9.59. The van der Waals surface area contributed by atoms with Crippen LogP contribution in [0.4, 0.5) is 4.39 Å². The molecule has 23 heavy (non-hydrogen) atoms. The zero-order valence-corrected chi connectivity index (χ0v) is 14.7. The van der Waals surface area contributed by atoms with E-state index in [9.17, 15) is 4.39 Å². The molecule has 2 heteroatoms. The zero-order valence-electron chi connectivity index (χ0n) is 14.7. The number of rotatable bonds is 10. The van der Waals surface area contributed by atoms with Gasteiger partial charge in [0.25, 0.3) is 0 Å². The molecule has 0 saturated heterocycles. The Morgan fingerprint density at radius 1 is 1.00 bits per heavy atom. The Morgan fingerprint density at radius 3 is 2.30 bits per heavy atom. The SMILES string of the molecule is CCCCC[C@H]1CC[C@H](CCC(F)COc2ccccc2)CC1. The smallest absolute Gasteiger partial charge is 0.134 e. The van der Waals surface area contributed by atoms with Crippen LogP contribution in [0.25, 0.3) is 0 Å². The molecular weight excluding hydrogens is 287 g/mol. The first-order chi connectivity index (χ1) is 11.3. The average molecular weight is 320 g/mol. The van der Waals surface area contributed by atoms with Gasteiger partial charge in [0.15, 0.2) is 0 Å². The molecule has 130 valence electrons. The minimum absolute atomic E-state index is 0.191. The van der Waals surface area contributed by atoms with Crippen molar-refractivity contribution >= 4 is 0 Å². The van der Waals surface area contributed by atoms with Crippen molar-refractivity contribution in [2.24, 2.45) is 11.8 Å². The molecular formula is C21H33FO. The van der Waals surface area contributed by atoms with Crippen molar-refractivity contribution < 1.29 is 9.13 Å². The van der Waals surface area contributed by atoms with Gasteiger partial charge in [-0.2, -0.15) is 0 Å². The van der Waals surface area contributed by atoms with E-state index in [4.69, 9.17) is 4.74 Å². The van der Waals surface area contributed by atoms with Crippen LogP contribution in [0.5, 0.6) is 5.75 Å². The second kappa shape index (κ2) is 10.7. The number of unbranched alkanes of at least 4 members (excludes halogenated alkanes) is 2. The predicted octanol–water partition coefficient (Wildman–Crippen LogP) is 6.57. The monoisotopic (exact) mass is 320 g/mol. The molecule has 1 unspecified atom stereocenters. The van der Waals surface area contributed by atoms with Gasteiger partial charge < -0.3 is 4.74 Å². The number of benzene rings is 1. The Hall–Kier alpha value is -1.05. The van der Waals surface area contributed by atoms with Crippen molar-refractivity contribution in [2.75, 3.05) is 6.61 Å². The molecule has 0 amide bonds. The van der Waals surface area contributed by atoms with E-state index in [1.807, 2.05) is 30.3 Å². The fourth-order valence-corrected chi connectivity index (χ4v) is 3.70. The Bertz CT molecular complexity index is 398. The molecule has 1 atom stereocenters. The van der Waals surface area contributed by atoms with Crippen LogP contribution in [0.1, 0.15) is 71.1 Å². The Labute approximate surface area is 141 Å². The number of halogens is 1. The topological polar surface area (TPSA) is 9.23 Å². The second-order valence-corrected chi connectivity index (χ2v) is 7.18. The Morgan fingerprint density at radius 2 is 1.65 bits per heavy atom. The zero-order chi connectivity index (χ0) is 16.3. The summed E-state index contributed by atoms with van der Waals surface area (Å²) >= 11 is 0.